The largest absolute Gasteiger partial charge is 0.311 e. The van der Waals surface area contributed by atoms with Crippen LogP contribution in [0, 0.1) is 15.9 Å². The minimum absolute atomic E-state index is 0.0970. The summed E-state index contributed by atoms with van der Waals surface area (Å²) in [5.74, 6) is -0.493. The third-order valence-electron chi connectivity index (χ3n) is 4.22. The van der Waals surface area contributed by atoms with Crippen LogP contribution < -0.4 is 5.32 Å². The molecule has 0 unspecified atom stereocenters. The van der Waals surface area contributed by atoms with Crippen molar-refractivity contribution in [2.45, 2.75) is 20.1 Å². The number of nitro benzene ring substituents is 1. The number of aryl methyl sites for hydroxylation is 1. The predicted octanol–water partition coefficient (Wildman–Crippen LogP) is 4.41. The second-order valence-corrected chi connectivity index (χ2v) is 9.68. The van der Waals surface area contributed by atoms with Crippen molar-refractivity contribution in [1.82, 2.24) is 25.0 Å². The van der Waals surface area contributed by atoms with Crippen LogP contribution in [0.2, 0.25) is 0 Å². The van der Waals surface area contributed by atoms with Gasteiger partial charge in [-0.25, -0.2) is 4.39 Å². The molecule has 4 rings (SSSR count). The van der Waals surface area contributed by atoms with Gasteiger partial charge in [0.15, 0.2) is 9.50 Å². The first kappa shape index (κ1) is 22.8. The molecule has 0 spiro atoms. The van der Waals surface area contributed by atoms with E-state index in [0.717, 1.165) is 23.1 Å². The van der Waals surface area contributed by atoms with E-state index in [-0.39, 0.29) is 22.2 Å². The van der Waals surface area contributed by atoms with Gasteiger partial charge in [0.1, 0.15) is 12.1 Å². The van der Waals surface area contributed by atoms with Gasteiger partial charge < -0.3 is 4.57 Å². The molecule has 0 saturated carbocycles. The topological polar surface area (TPSA) is 129 Å². The van der Waals surface area contributed by atoms with Gasteiger partial charge in [0, 0.05) is 24.4 Å². The van der Waals surface area contributed by atoms with Crippen LogP contribution >= 0.6 is 34.9 Å². The number of anilines is 1. The van der Waals surface area contributed by atoms with E-state index in [1.165, 1.54) is 42.4 Å². The second kappa shape index (κ2) is 10.1. The molecule has 2 heterocycles. The molecule has 10 nitrogen and oxygen atoms in total. The lowest BCUT2D eigenvalue weighted by atomic mass is 10.2. The average molecular weight is 504 g/mol. The zero-order valence-electron chi connectivity index (χ0n) is 16.8. The summed E-state index contributed by atoms with van der Waals surface area (Å²) in [4.78, 5) is 23.9. The van der Waals surface area contributed by atoms with Gasteiger partial charge in [0.25, 0.3) is 11.6 Å². The second-order valence-electron chi connectivity index (χ2n) is 6.47. The molecule has 4 aromatic rings. The number of carbonyl (C=O) groups excluding carboxylic acids is 1. The van der Waals surface area contributed by atoms with E-state index in [4.69, 9.17) is 0 Å². The fourth-order valence-electron chi connectivity index (χ4n) is 2.59. The van der Waals surface area contributed by atoms with Crippen LogP contribution in [0.1, 0.15) is 15.9 Å². The van der Waals surface area contributed by atoms with Crippen LogP contribution in [0.15, 0.2) is 63.2 Å². The summed E-state index contributed by atoms with van der Waals surface area (Å²) in [5, 5.41) is 30.4. The number of thioether (sulfide) groups is 1. The Balaban J connectivity index is 1.44. The molecule has 0 saturated heterocycles. The van der Waals surface area contributed by atoms with Crippen molar-refractivity contribution in [3.05, 3.63) is 75.9 Å². The molecular formula is C19H14FN7O3S3. The number of halogens is 1. The van der Waals surface area contributed by atoms with Crippen LogP contribution in [-0.2, 0) is 12.8 Å². The number of amides is 1. The molecule has 2 aromatic carbocycles. The van der Waals surface area contributed by atoms with Gasteiger partial charge in [-0.15, -0.1) is 20.4 Å². The van der Waals surface area contributed by atoms with E-state index in [0.29, 0.717) is 25.7 Å². The molecule has 33 heavy (non-hydrogen) atoms. The Hall–Kier alpha value is -3.36. The molecule has 14 heteroatoms. The summed E-state index contributed by atoms with van der Waals surface area (Å²) in [5.41, 5.74) is 0.406. The Morgan fingerprint density at radius 1 is 1.24 bits per heavy atom. The van der Waals surface area contributed by atoms with Gasteiger partial charge in [0.05, 0.1) is 9.82 Å². The maximum absolute atomic E-state index is 13.7. The van der Waals surface area contributed by atoms with Crippen LogP contribution in [-0.4, -0.2) is 35.8 Å². The summed E-state index contributed by atoms with van der Waals surface area (Å²) in [6.45, 7) is 0. The van der Waals surface area contributed by atoms with E-state index in [1.54, 1.807) is 29.8 Å². The summed E-state index contributed by atoms with van der Waals surface area (Å²) in [6.07, 6.45) is 1.49. The van der Waals surface area contributed by atoms with E-state index in [1.807, 2.05) is 0 Å². The summed E-state index contributed by atoms with van der Waals surface area (Å²) < 4.78 is 15.9. The minimum atomic E-state index is -0.560. The summed E-state index contributed by atoms with van der Waals surface area (Å²) in [7, 11) is 1.72. The number of aromatic nitrogens is 5. The third-order valence-corrected chi connectivity index (χ3v) is 7.36. The van der Waals surface area contributed by atoms with Crippen molar-refractivity contribution in [1.29, 1.82) is 0 Å². The maximum atomic E-state index is 13.7. The Labute approximate surface area is 198 Å². The lowest BCUT2D eigenvalue weighted by molar-refractivity contribution is -0.387. The highest BCUT2D eigenvalue weighted by atomic mass is 32.2. The van der Waals surface area contributed by atoms with Gasteiger partial charge in [-0.05, 0) is 35.5 Å². The number of nitrogens with zero attached hydrogens (tertiary/aromatic N) is 6. The molecule has 1 amide bonds. The highest BCUT2D eigenvalue weighted by molar-refractivity contribution is 8.00. The van der Waals surface area contributed by atoms with Crippen LogP contribution in [0.25, 0.3) is 0 Å². The van der Waals surface area contributed by atoms with E-state index in [2.05, 4.69) is 25.7 Å². The van der Waals surface area contributed by atoms with Crippen LogP contribution in [0.3, 0.4) is 0 Å². The zero-order valence-corrected chi connectivity index (χ0v) is 19.3. The molecule has 0 fully saturated rings. The first-order valence-electron chi connectivity index (χ1n) is 9.22. The number of carbonyl (C=O) groups is 1. The lowest BCUT2D eigenvalue weighted by Gasteiger charge is -2.05. The van der Waals surface area contributed by atoms with E-state index < -0.39 is 10.8 Å². The average Bonchev–Trinajstić information content (AvgIpc) is 3.42. The minimum Gasteiger partial charge on any atom is -0.311 e. The van der Waals surface area contributed by atoms with Crippen molar-refractivity contribution in [3.8, 4) is 0 Å². The number of hydrogen-bond acceptors (Lipinski definition) is 10. The Kier molecular flexibility index (Phi) is 6.96. The normalized spacial score (nSPS) is 10.8. The van der Waals surface area contributed by atoms with E-state index >= 15 is 0 Å². The third kappa shape index (κ3) is 5.53. The number of nitrogens with one attached hydrogen (secondary N) is 1. The molecule has 0 atom stereocenters. The molecule has 0 radical (unpaired) electrons. The fourth-order valence-corrected chi connectivity index (χ4v) is 5.18. The quantitative estimate of drug-likeness (QED) is 0.161. The smallest absolute Gasteiger partial charge is 0.284 e. The van der Waals surface area contributed by atoms with Gasteiger partial charge in [-0.3, -0.25) is 20.2 Å². The highest BCUT2D eigenvalue weighted by Crippen LogP contribution is 2.34. The molecule has 0 aliphatic carbocycles. The van der Waals surface area contributed by atoms with Gasteiger partial charge in [-0.1, -0.05) is 41.3 Å². The Morgan fingerprint density at radius 2 is 2.06 bits per heavy atom. The molecule has 168 valence electrons. The fraction of sp³-hybridized carbons (Fsp3) is 0.105. The number of rotatable bonds is 8. The van der Waals surface area contributed by atoms with Crippen molar-refractivity contribution >= 4 is 51.6 Å². The first-order chi connectivity index (χ1) is 15.9. The maximum Gasteiger partial charge on any atom is 0.284 e. The van der Waals surface area contributed by atoms with Gasteiger partial charge >= 0.3 is 0 Å². The number of hydrogen-bond donors (Lipinski definition) is 1. The Morgan fingerprint density at radius 3 is 2.79 bits per heavy atom. The lowest BCUT2D eigenvalue weighted by Crippen LogP contribution is -2.12. The number of nitro groups is 1. The highest BCUT2D eigenvalue weighted by Gasteiger charge is 2.21. The van der Waals surface area contributed by atoms with Crippen LogP contribution in [0.4, 0.5) is 15.2 Å². The predicted molar refractivity (Wildman–Crippen MR) is 122 cm³/mol. The van der Waals surface area contributed by atoms with Crippen LogP contribution in [0.5, 0.6) is 0 Å². The van der Waals surface area contributed by atoms with Gasteiger partial charge in [-0.2, -0.15) is 0 Å². The SMILES string of the molecule is Cn1cnnc1Sc1ccc(C(=O)Nc2nnc(SCc3ccccc3F)s2)cc1[N+](=O)[O-]. The van der Waals surface area contributed by atoms with E-state index in [9.17, 15) is 19.3 Å². The Bertz CT molecular complexity index is 1330. The molecule has 0 bridgehead atoms. The molecule has 0 aliphatic heterocycles. The molecule has 1 N–H and O–H groups in total. The monoisotopic (exact) mass is 503 g/mol. The van der Waals surface area contributed by atoms with Crippen molar-refractivity contribution in [2.24, 2.45) is 7.05 Å². The molecule has 2 aromatic heterocycles. The standard InChI is InChI=1S/C19H14FN7O3S3/c1-26-10-21-24-18(26)32-15-7-6-11(8-14(15)27(29)30)16(28)22-17-23-25-19(33-17)31-9-12-4-2-3-5-13(12)20/h2-8,10H,9H2,1H3,(H,22,23,28). The molecular weight excluding hydrogens is 489 g/mol. The summed E-state index contributed by atoms with van der Waals surface area (Å²) >= 11 is 3.49. The first-order valence-corrected chi connectivity index (χ1v) is 11.8. The van der Waals surface area contributed by atoms with Crippen molar-refractivity contribution in [2.75, 3.05) is 5.32 Å². The van der Waals surface area contributed by atoms with Crippen molar-refractivity contribution < 1.29 is 14.1 Å². The summed E-state index contributed by atoms with van der Waals surface area (Å²) in [6, 6.07) is 10.6. The number of benzene rings is 2. The van der Waals surface area contributed by atoms with Gasteiger partial charge in [0.2, 0.25) is 5.13 Å². The molecule has 0 aliphatic rings. The zero-order chi connectivity index (χ0) is 23.4. The van der Waals surface area contributed by atoms with Crippen molar-refractivity contribution in [3.63, 3.8) is 0 Å².